The van der Waals surface area contributed by atoms with E-state index in [2.05, 4.69) is 19.0 Å². The molecule has 1 atom stereocenters. The molecule has 2 rings (SSSR count). The molecule has 0 fully saturated rings. The van der Waals surface area contributed by atoms with Crippen LogP contribution in [0.15, 0.2) is 22.7 Å². The zero-order chi connectivity index (χ0) is 14.0. The number of ether oxygens (including phenoxy) is 1. The van der Waals surface area contributed by atoms with Crippen LogP contribution in [0.1, 0.15) is 37.5 Å². The van der Waals surface area contributed by atoms with Crippen LogP contribution in [0, 0.1) is 6.92 Å². The van der Waals surface area contributed by atoms with Gasteiger partial charge in [0.25, 0.3) is 0 Å². The highest BCUT2D eigenvalue weighted by Gasteiger charge is 2.20. The van der Waals surface area contributed by atoms with Crippen molar-refractivity contribution in [2.75, 3.05) is 12.8 Å². The lowest BCUT2D eigenvalue weighted by atomic mass is 9.96. The monoisotopic (exact) mass is 260 g/mol. The van der Waals surface area contributed by atoms with Crippen molar-refractivity contribution in [1.29, 1.82) is 0 Å². The van der Waals surface area contributed by atoms with E-state index in [1.807, 2.05) is 25.1 Å². The highest BCUT2D eigenvalue weighted by Crippen LogP contribution is 2.37. The van der Waals surface area contributed by atoms with Gasteiger partial charge in [-0.1, -0.05) is 31.1 Å². The van der Waals surface area contributed by atoms with E-state index in [9.17, 15) is 0 Å². The molecule has 0 bridgehead atoms. The van der Waals surface area contributed by atoms with Crippen molar-refractivity contribution in [2.45, 2.75) is 33.1 Å². The lowest BCUT2D eigenvalue weighted by molar-refractivity contribution is 0.366. The lowest BCUT2D eigenvalue weighted by Crippen LogP contribution is -1.95. The predicted molar refractivity (Wildman–Crippen MR) is 76.3 cm³/mol. The fourth-order valence-electron chi connectivity index (χ4n) is 2.10. The summed E-state index contributed by atoms with van der Waals surface area (Å²) in [6.45, 7) is 6.23. The maximum absolute atomic E-state index is 5.95. The van der Waals surface area contributed by atoms with Crippen LogP contribution < -0.4 is 10.5 Å². The Hall–Kier alpha value is -1.97. The molecule has 2 N–H and O–H groups in total. The summed E-state index contributed by atoms with van der Waals surface area (Å²) in [4.78, 5) is 0. The van der Waals surface area contributed by atoms with Gasteiger partial charge in [0.2, 0.25) is 0 Å². The molecule has 0 radical (unpaired) electrons. The van der Waals surface area contributed by atoms with Crippen molar-refractivity contribution < 1.29 is 9.26 Å². The van der Waals surface area contributed by atoms with Gasteiger partial charge >= 0.3 is 0 Å². The average molecular weight is 260 g/mol. The number of hydrogen-bond acceptors (Lipinski definition) is 4. The number of aryl methyl sites for hydroxylation is 1. The van der Waals surface area contributed by atoms with Gasteiger partial charge < -0.3 is 15.0 Å². The molecule has 0 spiro atoms. The summed E-state index contributed by atoms with van der Waals surface area (Å²) < 4.78 is 10.7. The SMILES string of the molecule is CCC(C)c1onc(N)c1-c1ccc(C)c(OC)c1. The summed E-state index contributed by atoms with van der Waals surface area (Å²) in [7, 11) is 1.67. The highest BCUT2D eigenvalue weighted by atomic mass is 16.5. The normalized spacial score (nSPS) is 12.4. The number of nitrogen functional groups attached to an aromatic ring is 1. The van der Waals surface area contributed by atoms with Crippen LogP contribution in [-0.2, 0) is 0 Å². The number of nitrogens with zero attached hydrogens (tertiary/aromatic N) is 1. The number of hydrogen-bond donors (Lipinski definition) is 1. The molecule has 4 nitrogen and oxygen atoms in total. The van der Waals surface area contributed by atoms with Gasteiger partial charge in [0.05, 0.1) is 12.7 Å². The van der Waals surface area contributed by atoms with E-state index in [0.29, 0.717) is 5.82 Å². The minimum atomic E-state index is 0.284. The molecule has 0 saturated carbocycles. The zero-order valence-corrected chi connectivity index (χ0v) is 11.9. The van der Waals surface area contributed by atoms with E-state index in [1.54, 1.807) is 7.11 Å². The Morgan fingerprint density at radius 2 is 2.16 bits per heavy atom. The minimum Gasteiger partial charge on any atom is -0.496 e. The first-order valence-electron chi connectivity index (χ1n) is 6.48. The Labute approximate surface area is 113 Å². The lowest BCUT2D eigenvalue weighted by Gasteiger charge is -2.10. The van der Waals surface area contributed by atoms with Gasteiger partial charge in [-0.15, -0.1) is 0 Å². The molecule has 0 aliphatic rings. The van der Waals surface area contributed by atoms with Crippen LogP contribution in [0.3, 0.4) is 0 Å². The molecule has 4 heteroatoms. The molecular formula is C15H20N2O2. The number of benzene rings is 1. The summed E-state index contributed by atoms with van der Waals surface area (Å²) in [6.07, 6.45) is 0.977. The molecule has 102 valence electrons. The summed E-state index contributed by atoms with van der Waals surface area (Å²) in [5, 5.41) is 3.90. The molecule has 0 amide bonds. The van der Waals surface area contributed by atoms with Gasteiger partial charge in [-0.2, -0.15) is 0 Å². The van der Waals surface area contributed by atoms with Crippen molar-refractivity contribution in [3.8, 4) is 16.9 Å². The topological polar surface area (TPSA) is 61.3 Å². The molecule has 0 saturated heterocycles. The van der Waals surface area contributed by atoms with E-state index in [1.165, 1.54) is 0 Å². The first-order chi connectivity index (χ1) is 9.08. The van der Waals surface area contributed by atoms with Crippen molar-refractivity contribution in [1.82, 2.24) is 5.16 Å². The van der Waals surface area contributed by atoms with Crippen molar-refractivity contribution >= 4 is 5.82 Å². The van der Waals surface area contributed by atoms with Crippen LogP contribution in [-0.4, -0.2) is 12.3 Å². The smallest absolute Gasteiger partial charge is 0.175 e. The number of rotatable bonds is 4. The van der Waals surface area contributed by atoms with Crippen LogP contribution in [0.25, 0.3) is 11.1 Å². The van der Waals surface area contributed by atoms with E-state index in [-0.39, 0.29) is 5.92 Å². The number of nitrogens with two attached hydrogens (primary N) is 1. The Kier molecular flexibility index (Phi) is 3.79. The number of aromatic nitrogens is 1. The van der Waals surface area contributed by atoms with Gasteiger partial charge in [-0.25, -0.2) is 0 Å². The first kappa shape index (κ1) is 13.5. The molecule has 1 unspecified atom stereocenters. The van der Waals surface area contributed by atoms with E-state index in [4.69, 9.17) is 15.0 Å². The van der Waals surface area contributed by atoms with E-state index >= 15 is 0 Å². The van der Waals surface area contributed by atoms with Crippen molar-refractivity contribution in [3.05, 3.63) is 29.5 Å². The molecule has 0 aliphatic carbocycles. The minimum absolute atomic E-state index is 0.284. The molecule has 2 aromatic rings. The van der Waals surface area contributed by atoms with Crippen LogP contribution >= 0.6 is 0 Å². The second-order valence-corrected chi connectivity index (χ2v) is 4.80. The Morgan fingerprint density at radius 1 is 1.42 bits per heavy atom. The first-order valence-corrected chi connectivity index (χ1v) is 6.48. The summed E-state index contributed by atoms with van der Waals surface area (Å²) >= 11 is 0. The van der Waals surface area contributed by atoms with Gasteiger partial charge in [0.1, 0.15) is 11.5 Å². The molecular weight excluding hydrogens is 240 g/mol. The second-order valence-electron chi connectivity index (χ2n) is 4.80. The Balaban J connectivity index is 2.55. The van der Waals surface area contributed by atoms with E-state index < -0.39 is 0 Å². The van der Waals surface area contributed by atoms with E-state index in [0.717, 1.165) is 34.6 Å². The third-order valence-electron chi connectivity index (χ3n) is 3.50. The maximum Gasteiger partial charge on any atom is 0.175 e. The molecule has 1 aromatic heterocycles. The zero-order valence-electron chi connectivity index (χ0n) is 11.9. The predicted octanol–water partition coefficient (Wildman–Crippen LogP) is 3.75. The fraction of sp³-hybridized carbons (Fsp3) is 0.400. The third kappa shape index (κ3) is 2.43. The number of methoxy groups -OCH3 is 1. The summed E-state index contributed by atoms with van der Waals surface area (Å²) in [5.41, 5.74) is 8.90. The van der Waals surface area contributed by atoms with Crippen LogP contribution in [0.5, 0.6) is 5.75 Å². The average Bonchev–Trinajstić information content (AvgIpc) is 2.80. The maximum atomic E-state index is 5.95. The molecule has 1 heterocycles. The van der Waals surface area contributed by atoms with Gasteiger partial charge in [0, 0.05) is 5.92 Å². The standard InChI is InChI=1S/C15H20N2O2/c1-5-9(2)14-13(15(16)17-19-14)11-7-6-10(3)12(8-11)18-4/h6-9H,5H2,1-4H3,(H2,16,17). The summed E-state index contributed by atoms with van der Waals surface area (Å²) in [6, 6.07) is 6.01. The van der Waals surface area contributed by atoms with Gasteiger partial charge in [-0.05, 0) is 30.5 Å². The quantitative estimate of drug-likeness (QED) is 0.909. The number of anilines is 1. The third-order valence-corrected chi connectivity index (χ3v) is 3.50. The molecule has 0 aliphatic heterocycles. The van der Waals surface area contributed by atoms with Gasteiger partial charge in [0.15, 0.2) is 5.82 Å². The fourth-order valence-corrected chi connectivity index (χ4v) is 2.10. The second kappa shape index (κ2) is 5.34. The Bertz CT molecular complexity index is 576. The largest absolute Gasteiger partial charge is 0.496 e. The Morgan fingerprint density at radius 3 is 2.79 bits per heavy atom. The van der Waals surface area contributed by atoms with Crippen molar-refractivity contribution in [2.24, 2.45) is 0 Å². The highest BCUT2D eigenvalue weighted by molar-refractivity contribution is 5.77. The van der Waals surface area contributed by atoms with Crippen molar-refractivity contribution in [3.63, 3.8) is 0 Å². The molecule has 19 heavy (non-hydrogen) atoms. The van der Waals surface area contributed by atoms with Crippen LogP contribution in [0.2, 0.25) is 0 Å². The molecule has 1 aromatic carbocycles. The van der Waals surface area contributed by atoms with Crippen LogP contribution in [0.4, 0.5) is 5.82 Å². The summed E-state index contributed by atoms with van der Waals surface area (Å²) in [5.74, 6) is 2.40. The van der Waals surface area contributed by atoms with Gasteiger partial charge in [-0.3, -0.25) is 0 Å².